The van der Waals surface area contributed by atoms with Crippen LogP contribution in [0.5, 0.6) is 0 Å². The van der Waals surface area contributed by atoms with E-state index in [1.807, 2.05) is 0 Å². The van der Waals surface area contributed by atoms with Crippen molar-refractivity contribution in [2.45, 2.75) is 6.42 Å². The fraction of sp³-hybridized carbons (Fsp3) is 1.00. The Morgan fingerprint density at radius 3 is 1.27 bits per heavy atom. The van der Waals surface area contributed by atoms with Crippen LogP contribution in [0.25, 0.3) is 0 Å². The molecule has 0 aromatic heterocycles. The van der Waals surface area contributed by atoms with Crippen molar-refractivity contribution >= 4 is 15.8 Å². The van der Waals surface area contributed by atoms with Crippen LogP contribution < -0.4 is 12.4 Å². The summed E-state index contributed by atoms with van der Waals surface area (Å²) in [5, 5.41) is 0. The Labute approximate surface area is 90.1 Å². The summed E-state index contributed by atoms with van der Waals surface area (Å²) in [6.07, 6.45) is 4.43. The van der Waals surface area contributed by atoms with Gasteiger partial charge in [-0.15, -0.1) is 15.8 Å². The van der Waals surface area contributed by atoms with Gasteiger partial charge in [0, 0.05) is 0 Å². The molecule has 4 heteroatoms. The summed E-state index contributed by atoms with van der Waals surface area (Å²) in [5.74, 6) is 0. The molecule has 0 radical (unpaired) electrons. The summed E-state index contributed by atoms with van der Waals surface area (Å²) < 4.78 is 0. The third-order valence-corrected chi connectivity index (χ3v) is 3.63. The van der Waals surface area contributed by atoms with Crippen molar-refractivity contribution in [1.82, 2.24) is 0 Å². The molecule has 0 saturated heterocycles. The third kappa shape index (κ3) is 18.5. The van der Waals surface area contributed by atoms with Crippen molar-refractivity contribution in [3.63, 3.8) is 0 Å². The molecule has 72 valence electrons. The maximum atomic E-state index is 2.36. The van der Waals surface area contributed by atoms with E-state index in [2.05, 4.69) is 26.7 Å². The largest absolute Gasteiger partial charge is 2.00 e. The van der Waals surface area contributed by atoms with Gasteiger partial charge in [-0.1, -0.05) is 0 Å². The maximum absolute atomic E-state index is 2.36. The van der Waals surface area contributed by atoms with Gasteiger partial charge in [0.15, 0.2) is 0 Å². The summed E-state index contributed by atoms with van der Waals surface area (Å²) in [6, 6.07) is 0. The monoisotopic (exact) mass is 257 g/mol. The van der Waals surface area contributed by atoms with Gasteiger partial charge in [0.1, 0.15) is 0 Å². The van der Waals surface area contributed by atoms with Crippen LogP contribution in [0.1, 0.15) is 6.42 Å². The van der Waals surface area contributed by atoms with Crippen molar-refractivity contribution in [2.24, 2.45) is 0 Å². The molecule has 0 nitrogen and oxygen atoms in total. The standard InChI is InChI=1S/C7H18P2.ClH.Ni/c1-8(2)6-5-7-9(3)4;;/h5-7H2,1-4H3;1H;/q;;+2/p-1. The van der Waals surface area contributed by atoms with E-state index in [0.29, 0.717) is 15.8 Å². The topological polar surface area (TPSA) is 0 Å². The Kier molecular flexibility index (Phi) is 19.5. The molecule has 0 bridgehead atoms. The molecule has 0 aromatic rings. The van der Waals surface area contributed by atoms with E-state index in [0.717, 1.165) is 0 Å². The second kappa shape index (κ2) is 11.6. The summed E-state index contributed by atoms with van der Waals surface area (Å²) in [6.45, 7) is 9.46. The molecule has 0 spiro atoms. The van der Waals surface area contributed by atoms with Gasteiger partial charge < -0.3 is 12.4 Å². The fourth-order valence-corrected chi connectivity index (χ4v) is 2.53. The molecule has 0 atom stereocenters. The van der Waals surface area contributed by atoms with E-state index in [4.69, 9.17) is 0 Å². The molecule has 0 aromatic carbocycles. The Balaban J connectivity index is -0.000000320. The van der Waals surface area contributed by atoms with Crippen LogP contribution in [0, 0.1) is 0 Å². The van der Waals surface area contributed by atoms with E-state index in [1.165, 1.54) is 18.7 Å². The molecule has 0 saturated carbocycles. The molecule has 0 fully saturated rings. The Morgan fingerprint density at radius 1 is 0.818 bits per heavy atom. The number of rotatable bonds is 4. The predicted molar refractivity (Wildman–Crippen MR) is 51.9 cm³/mol. The molecular weight excluding hydrogens is 240 g/mol. The molecule has 0 rings (SSSR count). The molecule has 0 aliphatic heterocycles. The zero-order valence-corrected chi connectivity index (χ0v) is 11.2. The van der Waals surface area contributed by atoms with Crippen LogP contribution in [-0.4, -0.2) is 39.0 Å². The van der Waals surface area contributed by atoms with Crippen molar-refractivity contribution in [1.29, 1.82) is 0 Å². The minimum atomic E-state index is 0. The predicted octanol–water partition coefficient (Wildman–Crippen LogP) is -0.139. The van der Waals surface area contributed by atoms with Crippen LogP contribution in [0.15, 0.2) is 0 Å². The first-order valence-electron chi connectivity index (χ1n) is 3.42. The summed E-state index contributed by atoms with van der Waals surface area (Å²) in [7, 11) is 0.758. The molecule has 0 aliphatic carbocycles. The van der Waals surface area contributed by atoms with Gasteiger partial charge in [0.2, 0.25) is 0 Å². The maximum Gasteiger partial charge on any atom is 2.00 e. The van der Waals surface area contributed by atoms with Crippen molar-refractivity contribution in [3.8, 4) is 0 Å². The van der Waals surface area contributed by atoms with Gasteiger partial charge in [-0.05, 0) is 45.4 Å². The van der Waals surface area contributed by atoms with E-state index >= 15 is 0 Å². The zero-order valence-electron chi connectivity index (χ0n) is 7.71. The van der Waals surface area contributed by atoms with Crippen LogP contribution in [0.2, 0.25) is 0 Å². The van der Waals surface area contributed by atoms with Gasteiger partial charge in [0.25, 0.3) is 0 Å². The quantitative estimate of drug-likeness (QED) is 0.486. The first kappa shape index (κ1) is 18.4. The Morgan fingerprint density at radius 2 is 1.09 bits per heavy atom. The number of halogens is 1. The molecule has 0 aliphatic rings. The normalized spacial score (nSPS) is 9.27. The smallest absolute Gasteiger partial charge is 1.00 e. The fourth-order valence-electron chi connectivity index (χ4n) is 0.703. The van der Waals surface area contributed by atoms with E-state index < -0.39 is 0 Å². The Bertz CT molecular complexity index is 61.5. The van der Waals surface area contributed by atoms with Crippen LogP contribution in [-0.2, 0) is 16.5 Å². The average molecular weight is 258 g/mol. The molecule has 0 N–H and O–H groups in total. The summed E-state index contributed by atoms with van der Waals surface area (Å²) in [4.78, 5) is 0. The van der Waals surface area contributed by atoms with E-state index in [-0.39, 0.29) is 28.9 Å². The number of hydrogen-bond donors (Lipinski definition) is 0. The second-order valence-corrected chi connectivity index (χ2v) is 8.17. The second-order valence-electron chi connectivity index (χ2n) is 2.96. The van der Waals surface area contributed by atoms with Gasteiger partial charge in [-0.25, -0.2) is 0 Å². The average Bonchev–Trinajstić information content (AvgIpc) is 1.63. The molecule has 0 amide bonds. The van der Waals surface area contributed by atoms with Crippen molar-refractivity contribution in [2.75, 3.05) is 39.0 Å². The minimum Gasteiger partial charge on any atom is -1.00 e. The third-order valence-electron chi connectivity index (χ3n) is 1.21. The summed E-state index contributed by atoms with van der Waals surface area (Å²) >= 11 is 0. The molecule has 0 heterocycles. The minimum absolute atomic E-state index is 0. The van der Waals surface area contributed by atoms with E-state index in [9.17, 15) is 0 Å². The van der Waals surface area contributed by atoms with Gasteiger partial charge in [-0.2, -0.15) is 0 Å². The first-order chi connectivity index (χ1) is 4.13. The molecule has 0 unspecified atom stereocenters. The van der Waals surface area contributed by atoms with Crippen molar-refractivity contribution in [3.05, 3.63) is 0 Å². The van der Waals surface area contributed by atoms with Gasteiger partial charge in [0.05, 0.1) is 0 Å². The molecule has 11 heavy (non-hydrogen) atoms. The molecular formula is C7H18ClNiP2+. The van der Waals surface area contributed by atoms with Crippen LogP contribution >= 0.6 is 15.8 Å². The first-order valence-corrected chi connectivity index (χ1v) is 8.26. The summed E-state index contributed by atoms with van der Waals surface area (Å²) in [5.41, 5.74) is 0. The Hall–Kier alpha value is 1.64. The number of hydrogen-bond acceptors (Lipinski definition) is 0. The SMILES string of the molecule is CP(C)CCCP(C)C.[Cl-].[Ni+2]. The van der Waals surface area contributed by atoms with Gasteiger partial charge in [-0.3, -0.25) is 0 Å². The van der Waals surface area contributed by atoms with Gasteiger partial charge >= 0.3 is 16.5 Å². The van der Waals surface area contributed by atoms with E-state index in [1.54, 1.807) is 0 Å². The zero-order chi connectivity index (χ0) is 7.28. The van der Waals surface area contributed by atoms with Crippen LogP contribution in [0.4, 0.5) is 0 Å². The van der Waals surface area contributed by atoms with Crippen molar-refractivity contribution < 1.29 is 28.9 Å². The van der Waals surface area contributed by atoms with Crippen LogP contribution in [0.3, 0.4) is 0 Å².